The highest BCUT2D eigenvalue weighted by atomic mass is 32.1. The van der Waals surface area contributed by atoms with Crippen LogP contribution in [0.1, 0.15) is 73.6 Å². The summed E-state index contributed by atoms with van der Waals surface area (Å²) >= 11 is 2.36. The van der Waals surface area contributed by atoms with Crippen molar-refractivity contribution in [2.75, 3.05) is 75.6 Å². The predicted molar refractivity (Wildman–Crippen MR) is 268 cm³/mol. The van der Waals surface area contributed by atoms with E-state index in [1.165, 1.54) is 29.6 Å². The minimum Gasteiger partial charge on any atom is -0.463 e. The van der Waals surface area contributed by atoms with Gasteiger partial charge in [0.05, 0.1) is 88.3 Å². The van der Waals surface area contributed by atoms with Crippen molar-refractivity contribution in [2.24, 2.45) is 20.5 Å². The number of cyclic esters (lactones) is 2. The van der Waals surface area contributed by atoms with Gasteiger partial charge in [-0.3, -0.25) is 14.4 Å². The molecule has 0 saturated carbocycles. The number of aryl methyl sites for hydroxylation is 2. The summed E-state index contributed by atoms with van der Waals surface area (Å²) < 4.78 is 20.1. The Kier molecular flexibility index (Phi) is 24.7. The molecule has 0 atom stereocenters. The molecule has 2 aromatic carbocycles. The van der Waals surface area contributed by atoms with Gasteiger partial charge in [0.1, 0.15) is 28.5 Å². The van der Waals surface area contributed by atoms with Crippen molar-refractivity contribution in [3.8, 4) is 6.07 Å². The molecule has 70 heavy (non-hydrogen) atoms. The standard InChI is InChI=1S/C25H29N5O4S.C20H23N5O2S.C4H4O3/c1-6-30(11-12-33-13-14-34-23(32)10-7-18(3)31)20-8-9-21(17(2)15-20)28-29-25-24(27-5)19(4)22(16-26)35-25;1-6-25(9-11-27-12-10-26)16-7-8-17(14(2)13-16)23-24-20-18(21-4)15(3)19(22-5)28-20;5-3-1-2-4(6)7-3/h8-9,15H,6-7,10-14H2,1-4H3;7-8,13,26H,6,9-12H2,1-3H3;1-2H2. The van der Waals surface area contributed by atoms with Gasteiger partial charge >= 0.3 is 17.9 Å². The lowest BCUT2D eigenvalue weighted by Crippen LogP contribution is -2.27. The zero-order chi connectivity index (χ0) is 51.6. The number of thiophene rings is 2. The Morgan fingerprint density at radius 1 is 0.743 bits per heavy atom. The molecule has 0 bridgehead atoms. The lowest BCUT2D eigenvalue weighted by Gasteiger charge is -2.23. The third-order valence-corrected chi connectivity index (χ3v) is 12.3. The summed E-state index contributed by atoms with van der Waals surface area (Å²) in [4.78, 5) is 57.6. The summed E-state index contributed by atoms with van der Waals surface area (Å²) in [6, 6.07) is 13.9. The van der Waals surface area contributed by atoms with E-state index in [0.29, 0.717) is 81.0 Å². The normalized spacial score (nSPS) is 11.7. The Morgan fingerprint density at radius 3 is 1.69 bits per heavy atom. The number of Topliss-reactive ketones (excluding diaryl/α,β-unsaturated/α-hetero) is 1. The van der Waals surface area contributed by atoms with Gasteiger partial charge in [-0.2, -0.15) is 25.7 Å². The molecule has 0 unspecified atom stereocenters. The molecule has 1 aliphatic rings. The molecule has 0 aliphatic carbocycles. The third kappa shape index (κ3) is 18.0. The fourth-order valence-corrected chi connectivity index (χ4v) is 7.95. The maximum Gasteiger partial charge on any atom is 0.314 e. The number of carbonyl (C=O) groups excluding carboxylic acids is 4. The van der Waals surface area contributed by atoms with Crippen LogP contribution in [0.15, 0.2) is 56.9 Å². The summed E-state index contributed by atoms with van der Waals surface area (Å²) in [5.41, 5.74) is 7.47. The number of nitriles is 1. The van der Waals surface area contributed by atoms with Gasteiger partial charge in [0.25, 0.3) is 0 Å². The van der Waals surface area contributed by atoms with Gasteiger partial charge in [-0.15, -0.1) is 22.7 Å². The van der Waals surface area contributed by atoms with E-state index >= 15 is 0 Å². The Morgan fingerprint density at radius 2 is 1.26 bits per heavy atom. The van der Waals surface area contributed by atoms with Crippen LogP contribution in [0.2, 0.25) is 0 Å². The molecule has 4 aromatic rings. The Hall–Kier alpha value is -7.24. The molecule has 1 aliphatic heterocycles. The summed E-state index contributed by atoms with van der Waals surface area (Å²) in [7, 11) is 0. The fraction of sp³-hybridized carbons (Fsp3) is 0.429. The summed E-state index contributed by atoms with van der Waals surface area (Å²) in [5.74, 6) is -1.23. The molecular weight excluding hydrogens is 937 g/mol. The number of rotatable bonds is 22. The highest BCUT2D eigenvalue weighted by Crippen LogP contribution is 2.47. The van der Waals surface area contributed by atoms with Crippen LogP contribution in [0.3, 0.4) is 0 Å². The third-order valence-electron chi connectivity index (χ3n) is 10.1. The zero-order valence-corrected chi connectivity index (χ0v) is 42.0. The van der Waals surface area contributed by atoms with Crippen molar-refractivity contribution < 1.29 is 43.2 Å². The van der Waals surface area contributed by atoms with E-state index in [9.17, 15) is 24.4 Å². The number of azo groups is 2. The van der Waals surface area contributed by atoms with Crippen molar-refractivity contribution in [3.63, 3.8) is 0 Å². The van der Waals surface area contributed by atoms with Crippen LogP contribution in [0.25, 0.3) is 14.5 Å². The maximum atomic E-state index is 11.5. The van der Waals surface area contributed by atoms with Crippen LogP contribution in [-0.4, -0.2) is 94.6 Å². The first-order chi connectivity index (χ1) is 33.6. The number of benzene rings is 2. The van der Waals surface area contributed by atoms with Crippen LogP contribution in [0.4, 0.5) is 49.1 Å². The first-order valence-electron chi connectivity index (χ1n) is 22.1. The highest BCUT2D eigenvalue weighted by Gasteiger charge is 2.20. The first kappa shape index (κ1) is 57.1. The maximum absolute atomic E-state index is 11.5. The predicted octanol–water partition coefficient (Wildman–Crippen LogP) is 11.5. The monoisotopic (exact) mass is 992 g/mol. The topological polar surface area (TPSA) is 218 Å². The van der Waals surface area contributed by atoms with Gasteiger partial charge in [-0.25, -0.2) is 14.5 Å². The van der Waals surface area contributed by atoms with Crippen LogP contribution < -0.4 is 9.80 Å². The Bertz CT molecular complexity index is 2670. The fourth-order valence-electron chi connectivity index (χ4n) is 6.23. The number of carbonyl (C=O) groups is 4. The van der Waals surface area contributed by atoms with E-state index in [2.05, 4.69) is 69.4 Å². The minimum atomic E-state index is -0.398. The average Bonchev–Trinajstić information content (AvgIpc) is 4.00. The second-order valence-electron chi connectivity index (χ2n) is 15.1. The lowest BCUT2D eigenvalue weighted by molar-refractivity contribution is -0.152. The van der Waals surface area contributed by atoms with E-state index in [1.54, 1.807) is 13.8 Å². The van der Waals surface area contributed by atoms with E-state index in [-0.39, 0.29) is 44.7 Å². The van der Waals surface area contributed by atoms with Gasteiger partial charge in [0.15, 0.2) is 0 Å². The van der Waals surface area contributed by atoms with Crippen LogP contribution in [0, 0.1) is 58.7 Å². The number of ether oxygens (including phenoxy) is 4. The largest absolute Gasteiger partial charge is 0.463 e. The molecule has 0 spiro atoms. The number of esters is 3. The van der Waals surface area contributed by atoms with Crippen molar-refractivity contribution in [3.05, 3.63) is 97.8 Å². The molecule has 1 N–H and O–H groups in total. The lowest BCUT2D eigenvalue weighted by atomic mass is 10.1. The van der Waals surface area contributed by atoms with Gasteiger partial charge < -0.3 is 38.6 Å². The van der Waals surface area contributed by atoms with Gasteiger partial charge in [-0.05, 0) is 100 Å². The number of nitrogens with zero attached hydrogens (tertiary/aromatic N) is 10. The van der Waals surface area contributed by atoms with E-state index < -0.39 is 17.9 Å². The van der Waals surface area contributed by atoms with Crippen molar-refractivity contribution in [1.82, 2.24) is 0 Å². The molecule has 1 fully saturated rings. The average molecular weight is 993 g/mol. The summed E-state index contributed by atoms with van der Waals surface area (Å²) in [6.07, 6.45) is 0.822. The second kappa shape index (κ2) is 30.3. The summed E-state index contributed by atoms with van der Waals surface area (Å²) in [6.45, 7) is 39.7. The van der Waals surface area contributed by atoms with Gasteiger partial charge in [0, 0.05) is 44.0 Å². The number of hydrogen-bond acceptors (Lipinski definition) is 18. The molecule has 0 amide bonds. The molecule has 1 saturated heterocycles. The van der Waals surface area contributed by atoms with E-state index in [1.807, 2.05) is 50.2 Å². The van der Waals surface area contributed by atoms with Gasteiger partial charge in [0.2, 0.25) is 16.4 Å². The van der Waals surface area contributed by atoms with E-state index in [0.717, 1.165) is 47.8 Å². The molecule has 2 aromatic heterocycles. The number of aliphatic hydroxyl groups excluding tert-OH is 1. The molecule has 368 valence electrons. The number of hydrogen-bond donors (Lipinski definition) is 1. The zero-order valence-electron chi connectivity index (χ0n) is 40.4. The SMILES string of the molecule is O=C1CCC(=O)O1.[C-]#[N+]c1c(N=Nc2ccc(N(CC)CCOCCOC(=O)CCC(C)=O)cc2C)sc(C#N)c1C.[C-]#[N+]c1sc(N=Nc2ccc(N(CC)CCOCCO)cc2C)c([N+]#[C-])c1C. The minimum absolute atomic E-state index is 0.0291. The van der Waals surface area contributed by atoms with E-state index in [4.69, 9.17) is 39.0 Å². The second-order valence-corrected chi connectivity index (χ2v) is 17.0. The van der Waals surface area contributed by atoms with Gasteiger partial charge in [-0.1, -0.05) is 6.92 Å². The van der Waals surface area contributed by atoms with Crippen molar-refractivity contribution >= 4 is 95.5 Å². The Labute approximate surface area is 416 Å². The number of likely N-dealkylation sites (N-methyl/N-ethyl adjacent to an activating group) is 2. The highest BCUT2D eigenvalue weighted by molar-refractivity contribution is 7.20. The first-order valence-corrected chi connectivity index (χ1v) is 23.8. The number of anilines is 2. The molecule has 0 radical (unpaired) electrons. The number of aliphatic hydroxyl groups is 1. The molecule has 21 heteroatoms. The smallest absolute Gasteiger partial charge is 0.314 e. The van der Waals surface area contributed by atoms with Crippen molar-refractivity contribution in [2.45, 2.75) is 74.1 Å². The molecule has 19 nitrogen and oxygen atoms in total. The van der Waals surface area contributed by atoms with Crippen LogP contribution in [0.5, 0.6) is 0 Å². The van der Waals surface area contributed by atoms with Crippen LogP contribution in [-0.2, 0) is 38.1 Å². The summed E-state index contributed by atoms with van der Waals surface area (Å²) in [5, 5.41) is 36.4. The molecular formula is C49H56N10O9S2. The quantitative estimate of drug-likeness (QED) is 0.0256. The number of ketones is 1. The molecule has 3 heterocycles. The Balaban J connectivity index is 0.000000329. The van der Waals surface area contributed by atoms with Crippen LogP contribution >= 0.6 is 22.7 Å². The van der Waals surface area contributed by atoms with Crippen molar-refractivity contribution in [1.29, 1.82) is 5.26 Å². The molecule has 5 rings (SSSR count).